The van der Waals surface area contributed by atoms with Crippen LogP contribution in [0.4, 0.5) is 10.2 Å². The Balaban J connectivity index is 1.41. The van der Waals surface area contributed by atoms with E-state index in [4.69, 9.17) is 4.74 Å². The first kappa shape index (κ1) is 21.8. The van der Waals surface area contributed by atoms with Crippen LogP contribution < -0.4 is 4.90 Å². The summed E-state index contributed by atoms with van der Waals surface area (Å²) in [5.74, 6) is 0.116. The van der Waals surface area contributed by atoms with Crippen LogP contribution in [0.2, 0.25) is 0 Å². The molecule has 1 aromatic carbocycles. The van der Waals surface area contributed by atoms with Gasteiger partial charge in [0.1, 0.15) is 11.6 Å². The molecule has 1 amide bonds. The van der Waals surface area contributed by atoms with Crippen LogP contribution in [0.5, 0.6) is 0 Å². The number of nitrogens with one attached hydrogen (secondary N) is 1. The molecule has 7 nitrogen and oxygen atoms in total. The number of amides is 1. The molecule has 4 rings (SSSR count). The van der Waals surface area contributed by atoms with Crippen molar-refractivity contribution in [2.45, 2.75) is 26.7 Å². The summed E-state index contributed by atoms with van der Waals surface area (Å²) >= 11 is 0. The number of benzene rings is 1. The summed E-state index contributed by atoms with van der Waals surface area (Å²) in [6.07, 6.45) is 2.58. The van der Waals surface area contributed by atoms with E-state index in [0.717, 1.165) is 40.9 Å². The van der Waals surface area contributed by atoms with E-state index in [1.54, 1.807) is 19.1 Å². The second-order valence-electron chi connectivity index (χ2n) is 7.94. The predicted octanol–water partition coefficient (Wildman–Crippen LogP) is 3.47. The first-order valence-electron chi connectivity index (χ1n) is 10.9. The van der Waals surface area contributed by atoms with Crippen LogP contribution in [0.25, 0.3) is 10.9 Å². The average Bonchev–Trinajstić information content (AvgIpc) is 2.95. The Kier molecular flexibility index (Phi) is 6.39. The highest BCUT2D eigenvalue weighted by Crippen LogP contribution is 2.24. The molecule has 3 heterocycles. The van der Waals surface area contributed by atoms with Crippen molar-refractivity contribution in [2.75, 3.05) is 37.7 Å². The van der Waals surface area contributed by atoms with E-state index in [9.17, 15) is 14.0 Å². The van der Waals surface area contributed by atoms with E-state index < -0.39 is 0 Å². The molecule has 0 bridgehead atoms. The Morgan fingerprint density at radius 3 is 2.75 bits per heavy atom. The van der Waals surface area contributed by atoms with Gasteiger partial charge in [-0.05, 0) is 56.2 Å². The number of hydrogen-bond donors (Lipinski definition) is 1. The van der Waals surface area contributed by atoms with Crippen molar-refractivity contribution >= 4 is 28.6 Å². The Labute approximate surface area is 186 Å². The van der Waals surface area contributed by atoms with E-state index in [-0.39, 0.29) is 24.1 Å². The fourth-order valence-corrected chi connectivity index (χ4v) is 4.15. The van der Waals surface area contributed by atoms with Crippen LogP contribution in [-0.4, -0.2) is 59.5 Å². The number of nitrogens with zero attached hydrogens (tertiary/aromatic N) is 3. The second-order valence-corrected chi connectivity index (χ2v) is 7.94. The third-order valence-electron chi connectivity index (χ3n) is 5.84. The molecule has 0 saturated carbocycles. The van der Waals surface area contributed by atoms with Gasteiger partial charge >= 0.3 is 5.97 Å². The minimum Gasteiger partial charge on any atom is -0.462 e. The van der Waals surface area contributed by atoms with E-state index in [2.05, 4.69) is 14.9 Å². The molecule has 1 saturated heterocycles. The highest BCUT2D eigenvalue weighted by Gasteiger charge is 2.22. The fourth-order valence-electron chi connectivity index (χ4n) is 4.15. The van der Waals surface area contributed by atoms with Gasteiger partial charge in [0.15, 0.2) is 0 Å². The number of hydrogen-bond acceptors (Lipinski definition) is 5. The molecule has 168 valence electrons. The highest BCUT2D eigenvalue weighted by molar-refractivity contribution is 5.90. The summed E-state index contributed by atoms with van der Waals surface area (Å²) in [6, 6.07) is 8.13. The largest absolute Gasteiger partial charge is 0.462 e. The van der Waals surface area contributed by atoms with Crippen molar-refractivity contribution < 1.29 is 18.7 Å². The monoisotopic (exact) mass is 438 g/mol. The van der Waals surface area contributed by atoms with Crippen LogP contribution in [0.3, 0.4) is 0 Å². The zero-order chi connectivity index (χ0) is 22.7. The molecular formula is C24H27FN4O3. The highest BCUT2D eigenvalue weighted by atomic mass is 19.1. The lowest BCUT2D eigenvalue weighted by Crippen LogP contribution is -2.36. The predicted molar refractivity (Wildman–Crippen MR) is 120 cm³/mol. The van der Waals surface area contributed by atoms with Crippen molar-refractivity contribution in [3.05, 3.63) is 59.2 Å². The molecule has 0 radical (unpaired) electrons. The third kappa shape index (κ3) is 4.59. The molecule has 1 aliphatic rings. The molecule has 8 heteroatoms. The number of anilines is 1. The van der Waals surface area contributed by atoms with Gasteiger partial charge in [-0.25, -0.2) is 14.2 Å². The maximum Gasteiger partial charge on any atom is 0.339 e. The lowest BCUT2D eigenvalue weighted by molar-refractivity contribution is -0.130. The standard InChI is InChI=1S/C24H27FN4O3/c1-3-32-24(31)17-5-8-22(26-15-17)28-9-4-10-29(12-11-28)23(30)14-19-16(2)27-21-7-6-18(25)13-20(19)21/h5-8,13,15,27H,3-4,9-12,14H2,1-2H3. The molecule has 1 N–H and O–H groups in total. The number of aryl methyl sites for hydroxylation is 1. The van der Waals surface area contributed by atoms with Crippen LogP contribution >= 0.6 is 0 Å². The van der Waals surface area contributed by atoms with Crippen LogP contribution in [0.1, 0.15) is 35.0 Å². The number of halogens is 1. The topological polar surface area (TPSA) is 78.5 Å². The van der Waals surface area contributed by atoms with Gasteiger partial charge in [0.05, 0.1) is 18.6 Å². The maximum absolute atomic E-state index is 13.7. The van der Waals surface area contributed by atoms with Gasteiger partial charge in [-0.3, -0.25) is 4.79 Å². The zero-order valence-electron chi connectivity index (χ0n) is 18.4. The molecule has 1 aliphatic heterocycles. The number of rotatable bonds is 5. The molecular weight excluding hydrogens is 411 g/mol. The number of fused-ring (bicyclic) bond motifs is 1. The summed E-state index contributed by atoms with van der Waals surface area (Å²) in [6.45, 7) is 6.66. The molecule has 0 atom stereocenters. The summed E-state index contributed by atoms with van der Waals surface area (Å²) in [5, 5.41) is 0.762. The average molecular weight is 439 g/mol. The molecule has 2 aromatic heterocycles. The zero-order valence-corrected chi connectivity index (χ0v) is 18.4. The number of aromatic amines is 1. The number of esters is 1. The molecule has 1 fully saturated rings. The summed E-state index contributed by atoms with van der Waals surface area (Å²) in [4.78, 5) is 36.5. The van der Waals surface area contributed by atoms with Crippen molar-refractivity contribution in [1.82, 2.24) is 14.9 Å². The normalized spacial score (nSPS) is 14.5. The van der Waals surface area contributed by atoms with Gasteiger partial charge in [0.2, 0.25) is 5.91 Å². The number of ether oxygens (including phenoxy) is 1. The van der Waals surface area contributed by atoms with Gasteiger partial charge < -0.3 is 19.5 Å². The van der Waals surface area contributed by atoms with Gasteiger partial charge in [-0.2, -0.15) is 0 Å². The number of carbonyl (C=O) groups excluding carboxylic acids is 2. The maximum atomic E-state index is 13.7. The lowest BCUT2D eigenvalue weighted by Gasteiger charge is -2.23. The van der Waals surface area contributed by atoms with Gasteiger partial charge in [0, 0.05) is 49.0 Å². The summed E-state index contributed by atoms with van der Waals surface area (Å²) in [7, 11) is 0. The number of carbonyl (C=O) groups is 2. The Morgan fingerprint density at radius 2 is 2.00 bits per heavy atom. The number of H-pyrrole nitrogens is 1. The van der Waals surface area contributed by atoms with Gasteiger partial charge in [-0.15, -0.1) is 0 Å². The number of aromatic nitrogens is 2. The molecule has 0 spiro atoms. The van der Waals surface area contributed by atoms with Crippen molar-refractivity contribution in [3.63, 3.8) is 0 Å². The minimum atomic E-state index is -0.383. The molecule has 0 unspecified atom stereocenters. The van der Waals surface area contributed by atoms with Crippen LogP contribution in [-0.2, 0) is 16.0 Å². The number of pyridine rings is 1. The van der Waals surface area contributed by atoms with E-state index >= 15 is 0 Å². The van der Waals surface area contributed by atoms with Gasteiger partial charge in [-0.1, -0.05) is 0 Å². The lowest BCUT2D eigenvalue weighted by atomic mass is 10.1. The van der Waals surface area contributed by atoms with Gasteiger partial charge in [0.25, 0.3) is 0 Å². The molecule has 32 heavy (non-hydrogen) atoms. The minimum absolute atomic E-state index is 0.0331. The SMILES string of the molecule is CCOC(=O)c1ccc(N2CCCN(C(=O)Cc3c(C)[nH]c4ccc(F)cc34)CC2)nc1. The Hall–Kier alpha value is -3.42. The smallest absolute Gasteiger partial charge is 0.339 e. The van der Waals surface area contributed by atoms with Crippen molar-refractivity contribution in [1.29, 1.82) is 0 Å². The summed E-state index contributed by atoms with van der Waals surface area (Å²) < 4.78 is 18.7. The third-order valence-corrected chi connectivity index (χ3v) is 5.84. The van der Waals surface area contributed by atoms with Crippen LogP contribution in [0, 0.1) is 12.7 Å². The Bertz CT molecular complexity index is 1130. The Morgan fingerprint density at radius 1 is 1.16 bits per heavy atom. The van der Waals surface area contributed by atoms with Crippen LogP contribution in [0.15, 0.2) is 36.5 Å². The van der Waals surface area contributed by atoms with Crippen molar-refractivity contribution in [2.24, 2.45) is 0 Å². The second kappa shape index (κ2) is 9.38. The first-order valence-corrected chi connectivity index (χ1v) is 10.9. The molecule has 3 aromatic rings. The van der Waals surface area contributed by atoms with E-state index in [1.807, 2.05) is 17.9 Å². The first-order chi connectivity index (χ1) is 15.5. The quantitative estimate of drug-likeness (QED) is 0.617. The van der Waals surface area contributed by atoms with Crippen molar-refractivity contribution in [3.8, 4) is 0 Å². The fraction of sp³-hybridized carbons (Fsp3) is 0.375. The molecule has 0 aliphatic carbocycles. The van der Waals surface area contributed by atoms with E-state index in [1.165, 1.54) is 18.3 Å². The van der Waals surface area contributed by atoms with E-state index in [0.29, 0.717) is 31.8 Å². The summed E-state index contributed by atoms with van der Waals surface area (Å²) in [5.41, 5.74) is 3.00.